The van der Waals surface area contributed by atoms with Crippen molar-refractivity contribution in [3.05, 3.63) is 60.6 Å². The molecule has 1 aromatic carbocycles. The average molecular weight is 369 g/mol. The Morgan fingerprint density at radius 1 is 1.15 bits per heavy atom. The maximum Gasteiger partial charge on any atom is 0.321 e. The zero-order valence-corrected chi connectivity index (χ0v) is 15.3. The largest absolute Gasteiger partial charge is 0.489 e. The molecule has 1 saturated heterocycles. The summed E-state index contributed by atoms with van der Waals surface area (Å²) in [7, 11) is 0. The maximum atomic E-state index is 12.5. The summed E-state index contributed by atoms with van der Waals surface area (Å²) in [4.78, 5) is 28.1. The molecule has 2 heterocycles. The number of urea groups is 1. The molecule has 7 nitrogen and oxygen atoms in total. The molecule has 0 radical (unpaired) electrons. The van der Waals surface area contributed by atoms with Gasteiger partial charge in [-0.3, -0.25) is 4.79 Å². The molecule has 0 bridgehead atoms. The van der Waals surface area contributed by atoms with E-state index in [1.807, 2.05) is 25.1 Å². The molecule has 0 unspecified atom stereocenters. The minimum atomic E-state index is -0.197. The Kier molecular flexibility index (Phi) is 5.80. The Hall–Kier alpha value is -3.22. The lowest BCUT2D eigenvalue weighted by Crippen LogP contribution is -2.51. The number of anilines is 1. The van der Waals surface area contributed by atoms with Gasteiger partial charge in [0, 0.05) is 37.9 Å². The number of nitrogens with one attached hydrogen (secondary N) is 1. The van der Waals surface area contributed by atoms with Gasteiger partial charge >= 0.3 is 6.03 Å². The van der Waals surface area contributed by atoms with Gasteiger partial charge in [-0.15, -0.1) is 0 Å². The van der Waals surface area contributed by atoms with E-state index in [0.717, 1.165) is 5.57 Å². The Balaban J connectivity index is 1.51. The lowest BCUT2D eigenvalue weighted by atomic mass is 10.2. The molecule has 3 rings (SSSR count). The van der Waals surface area contributed by atoms with Crippen LogP contribution in [0.5, 0.6) is 5.75 Å². The van der Waals surface area contributed by atoms with Crippen LogP contribution in [0.4, 0.5) is 10.5 Å². The molecular formula is C20H23N3O4. The van der Waals surface area contributed by atoms with Crippen molar-refractivity contribution in [2.45, 2.75) is 6.92 Å². The van der Waals surface area contributed by atoms with Crippen molar-refractivity contribution < 1.29 is 18.7 Å². The van der Waals surface area contributed by atoms with E-state index in [1.165, 1.54) is 6.26 Å². The number of ether oxygens (including phenoxy) is 1. The Bertz CT molecular complexity index is 808. The van der Waals surface area contributed by atoms with Gasteiger partial charge in [-0.25, -0.2) is 4.79 Å². The molecule has 1 fully saturated rings. The molecule has 0 saturated carbocycles. The van der Waals surface area contributed by atoms with Crippen LogP contribution in [0.15, 0.2) is 59.2 Å². The third-order valence-corrected chi connectivity index (χ3v) is 4.16. The van der Waals surface area contributed by atoms with Crippen molar-refractivity contribution >= 4 is 17.6 Å². The first-order valence-electron chi connectivity index (χ1n) is 8.79. The van der Waals surface area contributed by atoms with E-state index in [0.29, 0.717) is 50.0 Å². The molecule has 7 heteroatoms. The van der Waals surface area contributed by atoms with Crippen LogP contribution >= 0.6 is 0 Å². The molecule has 0 aliphatic carbocycles. The number of benzene rings is 1. The molecule has 2 aromatic rings. The third-order valence-electron chi connectivity index (χ3n) is 4.16. The highest BCUT2D eigenvalue weighted by molar-refractivity contribution is 5.92. The number of hydrogen-bond donors (Lipinski definition) is 1. The smallest absolute Gasteiger partial charge is 0.321 e. The Morgan fingerprint density at radius 3 is 2.56 bits per heavy atom. The molecule has 0 atom stereocenters. The first-order valence-corrected chi connectivity index (χ1v) is 8.79. The molecule has 1 aliphatic heterocycles. The second-order valence-corrected chi connectivity index (χ2v) is 6.46. The molecule has 142 valence electrons. The van der Waals surface area contributed by atoms with Crippen LogP contribution < -0.4 is 10.1 Å². The van der Waals surface area contributed by atoms with Crippen molar-refractivity contribution in [1.29, 1.82) is 0 Å². The summed E-state index contributed by atoms with van der Waals surface area (Å²) >= 11 is 0. The van der Waals surface area contributed by atoms with Crippen molar-refractivity contribution in [2.75, 3.05) is 38.1 Å². The van der Waals surface area contributed by atoms with Crippen molar-refractivity contribution in [1.82, 2.24) is 9.80 Å². The van der Waals surface area contributed by atoms with E-state index in [2.05, 4.69) is 11.9 Å². The zero-order valence-electron chi connectivity index (χ0n) is 15.3. The van der Waals surface area contributed by atoms with Gasteiger partial charge in [-0.05, 0) is 36.8 Å². The first kappa shape index (κ1) is 18.6. The highest BCUT2D eigenvalue weighted by atomic mass is 16.5. The highest BCUT2D eigenvalue weighted by Crippen LogP contribution is 2.19. The Morgan fingerprint density at radius 2 is 1.89 bits per heavy atom. The minimum absolute atomic E-state index is 0.151. The summed E-state index contributed by atoms with van der Waals surface area (Å²) in [6.07, 6.45) is 1.48. The molecule has 1 N–H and O–H groups in total. The summed E-state index contributed by atoms with van der Waals surface area (Å²) in [5.74, 6) is 0.839. The van der Waals surface area contributed by atoms with Gasteiger partial charge in [-0.1, -0.05) is 12.6 Å². The van der Waals surface area contributed by atoms with Crippen LogP contribution in [0.25, 0.3) is 0 Å². The number of amides is 3. The standard InChI is InChI=1S/C20H23N3O4/c1-15(2)14-27-17-6-3-5-16(13-17)21-20(25)23-10-8-22(9-11-23)19(24)18-7-4-12-26-18/h3-7,12-13H,1,8-11,14H2,2H3,(H,21,25). The summed E-state index contributed by atoms with van der Waals surface area (Å²) in [5, 5.41) is 2.87. The van der Waals surface area contributed by atoms with Crippen LogP contribution in [-0.2, 0) is 0 Å². The molecule has 27 heavy (non-hydrogen) atoms. The van der Waals surface area contributed by atoms with Crippen molar-refractivity contribution in [2.24, 2.45) is 0 Å². The topological polar surface area (TPSA) is 75.0 Å². The lowest BCUT2D eigenvalue weighted by Gasteiger charge is -2.34. The van der Waals surface area contributed by atoms with Gasteiger partial charge in [0.15, 0.2) is 5.76 Å². The zero-order chi connectivity index (χ0) is 19.2. The lowest BCUT2D eigenvalue weighted by molar-refractivity contribution is 0.0640. The van der Waals surface area contributed by atoms with Gasteiger partial charge in [0.25, 0.3) is 5.91 Å². The first-order chi connectivity index (χ1) is 13.0. The fraction of sp³-hybridized carbons (Fsp3) is 0.300. The average Bonchev–Trinajstić information content (AvgIpc) is 3.21. The van der Waals surface area contributed by atoms with Crippen LogP contribution in [0, 0.1) is 0 Å². The van der Waals surface area contributed by atoms with E-state index in [-0.39, 0.29) is 11.9 Å². The number of piperazine rings is 1. The monoisotopic (exact) mass is 369 g/mol. The molecule has 3 amide bonds. The van der Waals surface area contributed by atoms with Gasteiger partial charge in [0.05, 0.1) is 6.26 Å². The normalized spacial score (nSPS) is 14.0. The van der Waals surface area contributed by atoms with Crippen LogP contribution in [-0.4, -0.2) is 54.5 Å². The van der Waals surface area contributed by atoms with Gasteiger partial charge in [0.1, 0.15) is 12.4 Å². The van der Waals surface area contributed by atoms with Crippen LogP contribution in [0.3, 0.4) is 0 Å². The summed E-state index contributed by atoms with van der Waals surface area (Å²) in [6, 6.07) is 10.4. The number of carbonyl (C=O) groups is 2. The number of rotatable bonds is 5. The number of furan rings is 1. The number of nitrogens with zero attached hydrogens (tertiary/aromatic N) is 2. The van der Waals surface area contributed by atoms with E-state index in [1.54, 1.807) is 28.0 Å². The maximum absolute atomic E-state index is 12.5. The van der Waals surface area contributed by atoms with Gasteiger partial charge < -0.3 is 24.3 Å². The number of carbonyl (C=O) groups excluding carboxylic acids is 2. The molecular weight excluding hydrogens is 346 g/mol. The van der Waals surface area contributed by atoms with Gasteiger partial charge in [0.2, 0.25) is 0 Å². The SMILES string of the molecule is C=C(C)COc1cccc(NC(=O)N2CCN(C(=O)c3ccco3)CC2)c1. The van der Waals surface area contributed by atoms with E-state index in [9.17, 15) is 9.59 Å². The predicted octanol–water partition coefficient (Wildman–Crippen LogP) is 3.22. The third kappa shape index (κ3) is 4.91. The predicted molar refractivity (Wildman–Crippen MR) is 102 cm³/mol. The van der Waals surface area contributed by atoms with E-state index in [4.69, 9.17) is 9.15 Å². The Labute approximate surface area is 158 Å². The van der Waals surface area contributed by atoms with Crippen molar-refractivity contribution in [3.63, 3.8) is 0 Å². The minimum Gasteiger partial charge on any atom is -0.489 e. The second kappa shape index (κ2) is 8.44. The number of hydrogen-bond acceptors (Lipinski definition) is 4. The summed E-state index contributed by atoms with van der Waals surface area (Å²) < 4.78 is 10.7. The second-order valence-electron chi connectivity index (χ2n) is 6.46. The van der Waals surface area contributed by atoms with Crippen LogP contribution in [0.1, 0.15) is 17.5 Å². The quantitative estimate of drug-likeness (QED) is 0.821. The molecule has 1 aliphatic rings. The van der Waals surface area contributed by atoms with E-state index >= 15 is 0 Å². The fourth-order valence-electron chi connectivity index (χ4n) is 2.74. The fourth-order valence-corrected chi connectivity index (χ4v) is 2.74. The van der Waals surface area contributed by atoms with Gasteiger partial charge in [-0.2, -0.15) is 0 Å². The van der Waals surface area contributed by atoms with E-state index < -0.39 is 0 Å². The summed E-state index contributed by atoms with van der Waals surface area (Å²) in [5.41, 5.74) is 1.58. The van der Waals surface area contributed by atoms with Crippen molar-refractivity contribution in [3.8, 4) is 5.75 Å². The molecule has 1 aromatic heterocycles. The highest BCUT2D eigenvalue weighted by Gasteiger charge is 2.26. The van der Waals surface area contributed by atoms with Crippen LogP contribution in [0.2, 0.25) is 0 Å². The summed E-state index contributed by atoms with van der Waals surface area (Å²) in [6.45, 7) is 7.98. The molecule has 0 spiro atoms.